The standard InChI is InChI=1S/C16H16O6/c1-8(2)5-9-3-4-12-10(6-9)14(19)11(7-13(17)18)15(22-12)16(20)21/h3-4,6,8H,5,7H2,1-2H3,(H,17,18)(H,20,21). The van der Waals surface area contributed by atoms with E-state index >= 15 is 0 Å². The van der Waals surface area contributed by atoms with Gasteiger partial charge in [-0.05, 0) is 30.0 Å². The number of fused-ring (bicyclic) bond motifs is 1. The van der Waals surface area contributed by atoms with Crippen molar-refractivity contribution in [2.75, 3.05) is 0 Å². The third-order valence-electron chi connectivity index (χ3n) is 3.21. The van der Waals surface area contributed by atoms with Gasteiger partial charge >= 0.3 is 11.9 Å². The van der Waals surface area contributed by atoms with E-state index in [1.54, 1.807) is 18.2 Å². The van der Waals surface area contributed by atoms with Gasteiger partial charge in [0.1, 0.15) is 5.58 Å². The van der Waals surface area contributed by atoms with Crippen LogP contribution in [0.15, 0.2) is 27.4 Å². The summed E-state index contributed by atoms with van der Waals surface area (Å²) in [6, 6.07) is 4.96. The summed E-state index contributed by atoms with van der Waals surface area (Å²) in [6.07, 6.45) is 0.0681. The SMILES string of the molecule is CC(C)Cc1ccc2oc(C(=O)O)c(CC(=O)O)c(=O)c2c1. The second-order valence-corrected chi connectivity index (χ2v) is 5.54. The molecule has 0 saturated heterocycles. The van der Waals surface area contributed by atoms with Gasteiger partial charge in [0.15, 0.2) is 5.43 Å². The van der Waals surface area contributed by atoms with Crippen molar-refractivity contribution in [2.45, 2.75) is 26.7 Å². The molecule has 0 bridgehead atoms. The summed E-state index contributed by atoms with van der Waals surface area (Å²) in [5.74, 6) is -2.97. The minimum atomic E-state index is -1.46. The fourth-order valence-corrected chi connectivity index (χ4v) is 2.36. The van der Waals surface area contributed by atoms with Crippen LogP contribution in [0, 0.1) is 5.92 Å². The number of hydrogen-bond acceptors (Lipinski definition) is 4. The van der Waals surface area contributed by atoms with Gasteiger partial charge in [0.25, 0.3) is 0 Å². The van der Waals surface area contributed by atoms with E-state index in [1.165, 1.54) is 0 Å². The fraction of sp³-hybridized carbons (Fsp3) is 0.312. The highest BCUT2D eigenvalue weighted by atomic mass is 16.4. The molecule has 0 aliphatic rings. The van der Waals surface area contributed by atoms with E-state index in [0.29, 0.717) is 5.92 Å². The molecule has 6 heteroatoms. The molecule has 116 valence electrons. The zero-order chi connectivity index (χ0) is 16.4. The Morgan fingerprint density at radius 3 is 2.45 bits per heavy atom. The van der Waals surface area contributed by atoms with Crippen LogP contribution in [-0.2, 0) is 17.6 Å². The van der Waals surface area contributed by atoms with Crippen molar-refractivity contribution >= 4 is 22.9 Å². The summed E-state index contributed by atoms with van der Waals surface area (Å²) >= 11 is 0. The van der Waals surface area contributed by atoms with Crippen molar-refractivity contribution in [1.29, 1.82) is 0 Å². The lowest BCUT2D eigenvalue weighted by molar-refractivity contribution is -0.136. The minimum Gasteiger partial charge on any atom is -0.481 e. The minimum absolute atomic E-state index is 0.143. The van der Waals surface area contributed by atoms with Gasteiger partial charge in [-0.25, -0.2) is 4.79 Å². The molecule has 0 fully saturated rings. The van der Waals surface area contributed by atoms with Crippen molar-refractivity contribution in [3.63, 3.8) is 0 Å². The molecule has 22 heavy (non-hydrogen) atoms. The molecule has 2 aromatic rings. The second-order valence-electron chi connectivity index (χ2n) is 5.54. The Morgan fingerprint density at radius 1 is 1.23 bits per heavy atom. The van der Waals surface area contributed by atoms with Gasteiger partial charge in [0, 0.05) is 0 Å². The molecular formula is C16H16O6. The highest BCUT2D eigenvalue weighted by Gasteiger charge is 2.22. The Hall–Kier alpha value is -2.63. The average molecular weight is 304 g/mol. The molecule has 1 heterocycles. The third kappa shape index (κ3) is 3.16. The predicted molar refractivity (Wildman–Crippen MR) is 79.3 cm³/mol. The smallest absolute Gasteiger partial charge is 0.372 e. The highest BCUT2D eigenvalue weighted by molar-refractivity contribution is 5.91. The largest absolute Gasteiger partial charge is 0.481 e. The van der Waals surface area contributed by atoms with E-state index in [1.807, 2.05) is 13.8 Å². The Kier molecular flexibility index (Phi) is 4.30. The number of carboxylic acids is 2. The molecule has 1 aromatic carbocycles. The molecule has 0 spiro atoms. The number of aromatic carboxylic acids is 1. The zero-order valence-corrected chi connectivity index (χ0v) is 12.3. The van der Waals surface area contributed by atoms with Crippen LogP contribution in [-0.4, -0.2) is 22.2 Å². The summed E-state index contributed by atoms with van der Waals surface area (Å²) in [4.78, 5) is 34.5. The monoisotopic (exact) mass is 304 g/mol. The lowest BCUT2D eigenvalue weighted by Crippen LogP contribution is -2.19. The molecule has 0 radical (unpaired) electrons. The molecule has 2 N–H and O–H groups in total. The highest BCUT2D eigenvalue weighted by Crippen LogP contribution is 2.19. The Labute approximate surface area is 126 Å². The Bertz CT molecular complexity index is 800. The van der Waals surface area contributed by atoms with Gasteiger partial charge in [0.2, 0.25) is 5.76 Å². The molecule has 0 aliphatic heterocycles. The van der Waals surface area contributed by atoms with E-state index in [9.17, 15) is 14.4 Å². The van der Waals surface area contributed by atoms with Crippen LogP contribution in [0.5, 0.6) is 0 Å². The molecule has 0 aliphatic carbocycles. The van der Waals surface area contributed by atoms with Crippen molar-refractivity contribution in [3.8, 4) is 0 Å². The molecule has 0 amide bonds. The Morgan fingerprint density at radius 2 is 1.91 bits per heavy atom. The quantitative estimate of drug-likeness (QED) is 0.878. The van der Waals surface area contributed by atoms with E-state index < -0.39 is 29.5 Å². The first-order valence-corrected chi connectivity index (χ1v) is 6.83. The summed E-state index contributed by atoms with van der Waals surface area (Å²) in [5, 5.41) is 18.2. The predicted octanol–water partition coefficient (Wildman–Crippen LogP) is 2.32. The fourth-order valence-electron chi connectivity index (χ4n) is 2.36. The third-order valence-corrected chi connectivity index (χ3v) is 3.21. The van der Waals surface area contributed by atoms with Gasteiger partial charge in [-0.2, -0.15) is 0 Å². The van der Waals surface area contributed by atoms with Crippen LogP contribution in [0.3, 0.4) is 0 Å². The first-order chi connectivity index (χ1) is 10.3. The van der Waals surface area contributed by atoms with Crippen molar-refractivity contribution in [3.05, 3.63) is 45.3 Å². The van der Waals surface area contributed by atoms with Crippen LogP contribution in [0.25, 0.3) is 11.0 Å². The second kappa shape index (κ2) is 6.01. The maximum Gasteiger partial charge on any atom is 0.372 e. The number of hydrogen-bond donors (Lipinski definition) is 2. The van der Waals surface area contributed by atoms with Crippen LogP contribution < -0.4 is 5.43 Å². The van der Waals surface area contributed by atoms with E-state index in [-0.39, 0.29) is 16.5 Å². The molecule has 2 rings (SSSR count). The summed E-state index contributed by atoms with van der Waals surface area (Å²) in [6.45, 7) is 4.08. The first kappa shape index (κ1) is 15.8. The lowest BCUT2D eigenvalue weighted by atomic mass is 10.00. The average Bonchev–Trinajstić information content (AvgIpc) is 2.41. The molecule has 0 saturated carbocycles. The number of aliphatic carboxylic acids is 1. The molecule has 6 nitrogen and oxygen atoms in total. The van der Waals surface area contributed by atoms with Crippen molar-refractivity contribution < 1.29 is 24.2 Å². The number of carboxylic acid groups (broad SMARTS) is 2. The normalized spacial score (nSPS) is 11.0. The van der Waals surface area contributed by atoms with Gasteiger partial charge in [0.05, 0.1) is 17.4 Å². The maximum atomic E-state index is 12.4. The Balaban J connectivity index is 2.71. The van der Waals surface area contributed by atoms with Gasteiger partial charge in [-0.3, -0.25) is 9.59 Å². The summed E-state index contributed by atoms with van der Waals surface area (Å²) in [7, 11) is 0. The topological polar surface area (TPSA) is 105 Å². The number of carbonyl (C=O) groups is 2. The molecular weight excluding hydrogens is 288 g/mol. The van der Waals surface area contributed by atoms with E-state index in [2.05, 4.69) is 0 Å². The van der Waals surface area contributed by atoms with Crippen LogP contribution in [0.4, 0.5) is 0 Å². The van der Waals surface area contributed by atoms with Crippen LogP contribution in [0.1, 0.15) is 35.5 Å². The lowest BCUT2D eigenvalue weighted by Gasteiger charge is -2.08. The van der Waals surface area contributed by atoms with Crippen LogP contribution in [0.2, 0.25) is 0 Å². The van der Waals surface area contributed by atoms with Gasteiger partial charge < -0.3 is 14.6 Å². The number of rotatable bonds is 5. The van der Waals surface area contributed by atoms with Crippen LogP contribution >= 0.6 is 0 Å². The summed E-state index contributed by atoms with van der Waals surface area (Å²) in [5.41, 5.74) is 0.115. The van der Waals surface area contributed by atoms with Crippen molar-refractivity contribution in [1.82, 2.24) is 0 Å². The molecule has 0 atom stereocenters. The first-order valence-electron chi connectivity index (χ1n) is 6.83. The van der Waals surface area contributed by atoms with Gasteiger partial charge in [-0.1, -0.05) is 19.9 Å². The maximum absolute atomic E-state index is 12.4. The van der Waals surface area contributed by atoms with E-state index in [4.69, 9.17) is 14.6 Å². The molecule has 0 unspecified atom stereocenters. The van der Waals surface area contributed by atoms with Crippen molar-refractivity contribution in [2.24, 2.45) is 5.92 Å². The van der Waals surface area contributed by atoms with E-state index in [0.717, 1.165) is 12.0 Å². The number of benzene rings is 1. The zero-order valence-electron chi connectivity index (χ0n) is 12.3. The van der Waals surface area contributed by atoms with Gasteiger partial charge in [-0.15, -0.1) is 0 Å². The summed E-state index contributed by atoms with van der Waals surface area (Å²) < 4.78 is 5.23. The molecule has 1 aromatic heterocycles.